The number of imidazole rings is 1. The van der Waals surface area contributed by atoms with Crippen LogP contribution in [0.3, 0.4) is 0 Å². The topological polar surface area (TPSA) is 61.8 Å². The highest BCUT2D eigenvalue weighted by molar-refractivity contribution is 5.71. The predicted molar refractivity (Wildman–Crippen MR) is 105 cm³/mol. The molecule has 0 amide bonds. The molecule has 0 spiro atoms. The molecular weight excluding hydrogens is 340 g/mol. The largest absolute Gasteiger partial charge is 0.332 e. The molecule has 27 heavy (non-hydrogen) atoms. The summed E-state index contributed by atoms with van der Waals surface area (Å²) in [6, 6.07) is 20.1. The van der Waals surface area contributed by atoms with Crippen LogP contribution >= 0.6 is 0 Å². The van der Waals surface area contributed by atoms with Gasteiger partial charge in [0.2, 0.25) is 0 Å². The summed E-state index contributed by atoms with van der Waals surface area (Å²) >= 11 is 0. The van der Waals surface area contributed by atoms with Crippen molar-refractivity contribution in [1.29, 1.82) is 0 Å². The van der Waals surface area contributed by atoms with E-state index >= 15 is 0 Å². The van der Waals surface area contributed by atoms with Crippen molar-refractivity contribution in [3.05, 3.63) is 98.5 Å². The van der Waals surface area contributed by atoms with Crippen LogP contribution in [-0.2, 0) is 21.1 Å². The summed E-state index contributed by atoms with van der Waals surface area (Å²) in [5.74, 6) is 0.574. The fraction of sp³-hybridized carbons (Fsp3) is 0.190. The third-order valence-electron chi connectivity index (χ3n) is 5.03. The lowest BCUT2D eigenvalue weighted by atomic mass is 9.90. The number of benzene rings is 2. The van der Waals surface area contributed by atoms with Gasteiger partial charge in [-0.1, -0.05) is 60.7 Å². The molecule has 0 bridgehead atoms. The number of fused-ring (bicyclic) bond motifs is 1. The fourth-order valence-corrected chi connectivity index (χ4v) is 3.58. The molecule has 4 aromatic rings. The fourth-order valence-electron chi connectivity index (χ4n) is 3.58. The second-order valence-electron chi connectivity index (χ2n) is 6.66. The molecule has 4 rings (SSSR count). The predicted octanol–water partition coefficient (Wildman–Crippen LogP) is 2.15. The summed E-state index contributed by atoms with van der Waals surface area (Å²) < 4.78 is 4.35. The smallest absolute Gasteiger partial charge is 0.324 e. The summed E-state index contributed by atoms with van der Waals surface area (Å²) in [5, 5.41) is 0. The lowest BCUT2D eigenvalue weighted by Crippen LogP contribution is -2.37. The number of hydrogen-bond acceptors (Lipinski definition) is 3. The van der Waals surface area contributed by atoms with Gasteiger partial charge in [-0.15, -0.1) is 0 Å². The first-order valence-corrected chi connectivity index (χ1v) is 8.73. The van der Waals surface area contributed by atoms with Crippen LogP contribution in [-0.4, -0.2) is 18.7 Å². The maximum Gasteiger partial charge on any atom is 0.332 e. The second kappa shape index (κ2) is 6.39. The molecule has 2 aromatic heterocycles. The average molecular weight is 360 g/mol. The van der Waals surface area contributed by atoms with Crippen molar-refractivity contribution in [3.8, 4) is 0 Å². The van der Waals surface area contributed by atoms with Crippen LogP contribution < -0.4 is 11.2 Å². The van der Waals surface area contributed by atoms with Gasteiger partial charge in [-0.3, -0.25) is 13.9 Å². The third kappa shape index (κ3) is 2.61. The molecule has 0 saturated heterocycles. The van der Waals surface area contributed by atoms with Gasteiger partial charge in [0.1, 0.15) is 5.82 Å². The van der Waals surface area contributed by atoms with Gasteiger partial charge >= 0.3 is 5.69 Å². The summed E-state index contributed by atoms with van der Waals surface area (Å²) in [7, 11) is 4.96. The number of aromatic nitrogens is 4. The Hall–Kier alpha value is -3.41. The van der Waals surface area contributed by atoms with Gasteiger partial charge in [-0.2, -0.15) is 0 Å². The molecule has 0 aliphatic rings. The average Bonchev–Trinajstić information content (AvgIpc) is 3.04. The van der Waals surface area contributed by atoms with E-state index in [1.165, 1.54) is 11.6 Å². The van der Waals surface area contributed by atoms with E-state index in [0.29, 0.717) is 11.2 Å². The third-order valence-corrected chi connectivity index (χ3v) is 5.03. The van der Waals surface area contributed by atoms with Gasteiger partial charge in [-0.25, -0.2) is 9.78 Å². The molecule has 6 nitrogen and oxygen atoms in total. The van der Waals surface area contributed by atoms with Crippen LogP contribution in [0.2, 0.25) is 0 Å². The van der Waals surface area contributed by atoms with Crippen molar-refractivity contribution in [3.63, 3.8) is 0 Å². The van der Waals surface area contributed by atoms with Crippen LogP contribution in [0.25, 0.3) is 11.2 Å². The van der Waals surface area contributed by atoms with E-state index in [0.717, 1.165) is 21.5 Å². The Labute approximate surface area is 156 Å². The van der Waals surface area contributed by atoms with Gasteiger partial charge in [0.05, 0.1) is 5.92 Å². The molecular formula is C21H20N4O2. The van der Waals surface area contributed by atoms with Gasteiger partial charge in [0.15, 0.2) is 11.2 Å². The summed E-state index contributed by atoms with van der Waals surface area (Å²) in [5.41, 5.74) is 2.25. The standard InChI is InChI=1S/C21H20N4O2/c1-23-17-19(24(2)21(27)25(3)20(17)26)22-18(23)16(14-10-6-4-7-11-14)15-12-8-5-9-13-15/h4-13,16H,1-3H3. The van der Waals surface area contributed by atoms with Crippen molar-refractivity contribution < 1.29 is 0 Å². The highest BCUT2D eigenvalue weighted by Gasteiger charge is 2.25. The Kier molecular flexibility index (Phi) is 4.03. The molecule has 6 heteroatoms. The van der Waals surface area contributed by atoms with Crippen molar-refractivity contribution in [2.75, 3.05) is 0 Å². The maximum atomic E-state index is 12.7. The van der Waals surface area contributed by atoms with Gasteiger partial charge in [0, 0.05) is 21.1 Å². The minimum atomic E-state index is -0.381. The molecule has 0 N–H and O–H groups in total. The van der Waals surface area contributed by atoms with Crippen LogP contribution in [0, 0.1) is 0 Å². The highest BCUT2D eigenvalue weighted by atomic mass is 16.2. The number of rotatable bonds is 3. The van der Waals surface area contributed by atoms with E-state index < -0.39 is 0 Å². The van der Waals surface area contributed by atoms with Crippen LogP contribution in [0.4, 0.5) is 0 Å². The molecule has 0 saturated carbocycles. The van der Waals surface area contributed by atoms with E-state index in [1.54, 1.807) is 7.05 Å². The van der Waals surface area contributed by atoms with Gasteiger partial charge in [-0.05, 0) is 11.1 Å². The minimum Gasteiger partial charge on any atom is -0.324 e. The SMILES string of the molecule is Cn1c(=O)c2c(nc(C(c3ccccc3)c3ccccc3)n2C)n(C)c1=O. The zero-order valence-corrected chi connectivity index (χ0v) is 15.5. The van der Waals surface area contributed by atoms with Gasteiger partial charge in [0.25, 0.3) is 5.56 Å². The zero-order chi connectivity index (χ0) is 19.1. The Bertz CT molecular complexity index is 1200. The molecule has 2 aromatic carbocycles. The quantitative estimate of drug-likeness (QED) is 0.562. The van der Waals surface area contributed by atoms with E-state index in [4.69, 9.17) is 4.98 Å². The zero-order valence-electron chi connectivity index (χ0n) is 15.5. The van der Waals surface area contributed by atoms with Crippen molar-refractivity contribution >= 4 is 11.2 Å². The first kappa shape index (κ1) is 17.0. The monoisotopic (exact) mass is 360 g/mol. The first-order chi connectivity index (χ1) is 13.0. The molecule has 0 radical (unpaired) electrons. The molecule has 0 unspecified atom stereocenters. The van der Waals surface area contributed by atoms with E-state index in [1.807, 2.05) is 72.3 Å². The number of nitrogens with zero attached hydrogens (tertiary/aromatic N) is 4. The van der Waals surface area contributed by atoms with E-state index in [2.05, 4.69) is 0 Å². The van der Waals surface area contributed by atoms with Crippen molar-refractivity contribution in [2.45, 2.75) is 5.92 Å². The maximum absolute atomic E-state index is 12.7. The first-order valence-electron chi connectivity index (χ1n) is 8.73. The summed E-state index contributed by atoms with van der Waals surface area (Å²) in [4.78, 5) is 29.8. The highest BCUT2D eigenvalue weighted by Crippen LogP contribution is 2.31. The Morgan fingerprint density at radius 1 is 0.741 bits per heavy atom. The lowest BCUT2D eigenvalue weighted by Gasteiger charge is -2.18. The lowest BCUT2D eigenvalue weighted by molar-refractivity contribution is 0.705. The molecule has 2 heterocycles. The number of hydrogen-bond donors (Lipinski definition) is 0. The minimum absolute atomic E-state index is 0.149. The Morgan fingerprint density at radius 2 is 1.26 bits per heavy atom. The molecule has 0 aliphatic carbocycles. The normalized spacial score (nSPS) is 11.4. The second-order valence-corrected chi connectivity index (χ2v) is 6.66. The summed E-state index contributed by atoms with van der Waals surface area (Å²) in [6.45, 7) is 0. The Balaban J connectivity index is 2.08. The van der Waals surface area contributed by atoms with Crippen molar-refractivity contribution in [2.24, 2.45) is 21.1 Å². The summed E-state index contributed by atoms with van der Waals surface area (Å²) in [6.07, 6.45) is 0. The molecule has 0 atom stereocenters. The molecule has 0 aliphatic heterocycles. The van der Waals surface area contributed by atoms with E-state index in [-0.39, 0.29) is 17.2 Å². The van der Waals surface area contributed by atoms with Crippen LogP contribution in [0.1, 0.15) is 22.9 Å². The van der Waals surface area contributed by atoms with Crippen molar-refractivity contribution in [1.82, 2.24) is 18.7 Å². The molecule has 136 valence electrons. The van der Waals surface area contributed by atoms with Crippen LogP contribution in [0.15, 0.2) is 70.3 Å². The number of aryl methyl sites for hydroxylation is 2. The van der Waals surface area contributed by atoms with Crippen LogP contribution in [0.5, 0.6) is 0 Å². The Morgan fingerprint density at radius 3 is 1.78 bits per heavy atom. The van der Waals surface area contributed by atoms with Gasteiger partial charge < -0.3 is 4.57 Å². The molecule has 0 fully saturated rings. The van der Waals surface area contributed by atoms with E-state index in [9.17, 15) is 9.59 Å².